The van der Waals surface area contributed by atoms with Gasteiger partial charge in [0.25, 0.3) is 0 Å². The number of hydrogen-bond acceptors (Lipinski definition) is 3. The number of anilines is 2. The quantitative estimate of drug-likeness (QED) is 0.587. The van der Waals surface area contributed by atoms with Crippen LogP contribution in [0.3, 0.4) is 0 Å². The van der Waals surface area contributed by atoms with Crippen molar-refractivity contribution in [2.75, 3.05) is 16.8 Å². The first kappa shape index (κ1) is 8.25. The van der Waals surface area contributed by atoms with E-state index in [1.807, 2.05) is 0 Å². The second kappa shape index (κ2) is 2.85. The number of hydrogen-bond donors (Lipinski definition) is 2. The number of carbonyl (C=O) groups excluding carboxylic acids is 1. The van der Waals surface area contributed by atoms with E-state index in [-0.39, 0.29) is 11.7 Å². The fourth-order valence-electron chi connectivity index (χ4n) is 1.28. The van der Waals surface area contributed by atoms with E-state index in [0.29, 0.717) is 16.3 Å². The van der Waals surface area contributed by atoms with Gasteiger partial charge < -0.3 is 11.1 Å². The minimum Gasteiger partial charge on any atom is -0.398 e. The van der Waals surface area contributed by atoms with Gasteiger partial charge in [0.2, 0.25) is 5.91 Å². The van der Waals surface area contributed by atoms with Crippen molar-refractivity contribution in [2.24, 2.45) is 0 Å². The van der Waals surface area contributed by atoms with Crippen LogP contribution in [-0.2, 0) is 15.6 Å². The van der Waals surface area contributed by atoms with Gasteiger partial charge in [-0.2, -0.15) is 0 Å². The monoisotopic (exact) mass is 196 g/mol. The highest BCUT2D eigenvalue weighted by molar-refractivity contribution is 7.86. The van der Waals surface area contributed by atoms with E-state index in [1.54, 1.807) is 18.2 Å². The number of nitrogens with one attached hydrogen (secondary N) is 1. The Morgan fingerprint density at radius 1 is 1.46 bits per heavy atom. The topological polar surface area (TPSA) is 72.2 Å². The van der Waals surface area contributed by atoms with Gasteiger partial charge in [0.15, 0.2) is 0 Å². The molecule has 0 spiro atoms. The van der Waals surface area contributed by atoms with Gasteiger partial charge in [-0.05, 0) is 12.1 Å². The molecule has 13 heavy (non-hydrogen) atoms. The van der Waals surface area contributed by atoms with Gasteiger partial charge in [0.05, 0.1) is 21.4 Å². The average molecular weight is 196 g/mol. The van der Waals surface area contributed by atoms with Crippen molar-refractivity contribution in [3.63, 3.8) is 0 Å². The Balaban J connectivity index is 2.61. The zero-order valence-electron chi connectivity index (χ0n) is 6.74. The molecule has 0 saturated heterocycles. The van der Waals surface area contributed by atoms with Crippen LogP contribution in [0.2, 0.25) is 0 Å². The third-order valence-corrected chi connectivity index (χ3v) is 3.24. The third-order valence-electron chi connectivity index (χ3n) is 1.81. The average Bonchev–Trinajstić information content (AvgIpc) is 2.02. The van der Waals surface area contributed by atoms with Crippen LogP contribution in [-0.4, -0.2) is 15.9 Å². The number of rotatable bonds is 0. The zero-order chi connectivity index (χ0) is 9.42. The van der Waals surface area contributed by atoms with Crippen LogP contribution in [0.15, 0.2) is 23.1 Å². The third kappa shape index (κ3) is 1.31. The molecule has 0 aromatic heterocycles. The van der Waals surface area contributed by atoms with E-state index in [0.717, 1.165) is 0 Å². The summed E-state index contributed by atoms with van der Waals surface area (Å²) in [6.45, 7) is 0. The number of nitrogens with two attached hydrogens (primary N) is 1. The highest BCUT2D eigenvalue weighted by atomic mass is 32.2. The number of benzene rings is 1. The molecule has 0 saturated carbocycles. The fraction of sp³-hybridized carbons (Fsp3) is 0.125. The molecule has 1 heterocycles. The predicted molar refractivity (Wildman–Crippen MR) is 50.8 cm³/mol. The molecule has 5 heteroatoms. The van der Waals surface area contributed by atoms with Crippen LogP contribution >= 0.6 is 0 Å². The number of nitrogen functional groups attached to an aromatic ring is 1. The first-order valence-corrected chi connectivity index (χ1v) is 5.07. The van der Waals surface area contributed by atoms with Crippen LogP contribution in [0.4, 0.5) is 11.4 Å². The van der Waals surface area contributed by atoms with Crippen LogP contribution in [0.5, 0.6) is 0 Å². The Morgan fingerprint density at radius 2 is 2.23 bits per heavy atom. The lowest BCUT2D eigenvalue weighted by molar-refractivity contribution is -0.113. The van der Waals surface area contributed by atoms with Gasteiger partial charge in [0, 0.05) is 5.69 Å². The van der Waals surface area contributed by atoms with E-state index in [4.69, 9.17) is 5.73 Å². The first-order valence-electron chi connectivity index (χ1n) is 3.75. The molecule has 1 aromatic carbocycles. The summed E-state index contributed by atoms with van der Waals surface area (Å²) in [6, 6.07) is 5.09. The molecule has 0 aliphatic carbocycles. The molecule has 3 N–H and O–H groups in total. The zero-order valence-corrected chi connectivity index (χ0v) is 7.56. The second-order valence-corrected chi connectivity index (χ2v) is 4.15. The van der Waals surface area contributed by atoms with Gasteiger partial charge in [-0.25, -0.2) is 0 Å². The molecule has 1 atom stereocenters. The van der Waals surface area contributed by atoms with Gasteiger partial charge in [0.1, 0.15) is 5.75 Å². The van der Waals surface area contributed by atoms with Gasteiger partial charge in [-0.1, -0.05) is 6.07 Å². The normalized spacial score (nSPS) is 20.6. The summed E-state index contributed by atoms with van der Waals surface area (Å²) in [7, 11) is -1.29. The smallest absolute Gasteiger partial charge is 0.237 e. The van der Waals surface area contributed by atoms with Crippen molar-refractivity contribution in [3.05, 3.63) is 18.2 Å². The fourth-order valence-corrected chi connectivity index (χ4v) is 2.43. The molecule has 68 valence electrons. The van der Waals surface area contributed by atoms with E-state index in [1.165, 1.54) is 0 Å². The maximum Gasteiger partial charge on any atom is 0.237 e. The molecule has 0 radical (unpaired) electrons. The lowest BCUT2D eigenvalue weighted by atomic mass is 10.3. The SMILES string of the molecule is Nc1cccc2c1S(=O)CC(=O)N2. The molecule has 1 unspecified atom stereocenters. The van der Waals surface area contributed by atoms with Crippen molar-refractivity contribution < 1.29 is 9.00 Å². The van der Waals surface area contributed by atoms with Gasteiger partial charge in [-0.3, -0.25) is 9.00 Å². The molecule has 0 fully saturated rings. The molecule has 2 rings (SSSR count). The Bertz CT molecular complexity index is 403. The molecule has 0 bridgehead atoms. The van der Waals surface area contributed by atoms with E-state index < -0.39 is 10.8 Å². The van der Waals surface area contributed by atoms with Crippen molar-refractivity contribution in [1.29, 1.82) is 0 Å². The van der Waals surface area contributed by atoms with Crippen LogP contribution in [0.25, 0.3) is 0 Å². The molecule has 1 aliphatic heterocycles. The van der Waals surface area contributed by atoms with Gasteiger partial charge in [-0.15, -0.1) is 0 Å². The second-order valence-electron chi connectivity index (χ2n) is 2.76. The summed E-state index contributed by atoms with van der Waals surface area (Å²) in [5.41, 5.74) is 6.67. The first-order chi connectivity index (χ1) is 6.18. The van der Waals surface area contributed by atoms with Crippen molar-refractivity contribution in [1.82, 2.24) is 0 Å². The largest absolute Gasteiger partial charge is 0.398 e. The lowest BCUT2D eigenvalue weighted by Gasteiger charge is -2.17. The van der Waals surface area contributed by atoms with Crippen molar-refractivity contribution >= 4 is 28.1 Å². The Kier molecular flexibility index (Phi) is 1.81. The molecular weight excluding hydrogens is 188 g/mol. The minimum absolute atomic E-state index is 0.00120. The van der Waals surface area contributed by atoms with Crippen molar-refractivity contribution in [3.8, 4) is 0 Å². The number of carbonyl (C=O) groups is 1. The minimum atomic E-state index is -1.29. The Hall–Kier alpha value is -1.36. The highest BCUT2D eigenvalue weighted by Crippen LogP contribution is 2.28. The summed E-state index contributed by atoms with van der Waals surface area (Å²) in [5, 5.41) is 2.62. The molecular formula is C8H8N2O2S. The maximum absolute atomic E-state index is 11.5. The lowest BCUT2D eigenvalue weighted by Crippen LogP contribution is -2.26. The summed E-state index contributed by atoms with van der Waals surface area (Å²) in [4.78, 5) is 11.5. The van der Waals surface area contributed by atoms with E-state index in [9.17, 15) is 9.00 Å². The summed E-state index contributed by atoms with van der Waals surface area (Å²) in [6.07, 6.45) is 0. The summed E-state index contributed by atoms with van der Waals surface area (Å²) in [5.74, 6) is -0.224. The summed E-state index contributed by atoms with van der Waals surface area (Å²) >= 11 is 0. The molecule has 4 nitrogen and oxygen atoms in total. The number of fused-ring (bicyclic) bond motifs is 1. The Morgan fingerprint density at radius 3 is 3.00 bits per heavy atom. The van der Waals surface area contributed by atoms with Crippen molar-refractivity contribution in [2.45, 2.75) is 4.90 Å². The molecule has 1 aliphatic rings. The van der Waals surface area contributed by atoms with Crippen LogP contribution in [0.1, 0.15) is 0 Å². The highest BCUT2D eigenvalue weighted by Gasteiger charge is 2.22. The maximum atomic E-state index is 11.5. The Labute approximate surface area is 77.6 Å². The number of amides is 1. The van der Waals surface area contributed by atoms with Crippen LogP contribution in [0, 0.1) is 0 Å². The van der Waals surface area contributed by atoms with E-state index in [2.05, 4.69) is 5.32 Å². The standard InChI is InChI=1S/C8H8N2O2S/c9-5-2-1-3-6-8(5)13(12)4-7(11)10-6/h1-3H,4,9H2,(H,10,11). The van der Waals surface area contributed by atoms with Gasteiger partial charge >= 0.3 is 0 Å². The molecule has 1 amide bonds. The van der Waals surface area contributed by atoms with E-state index >= 15 is 0 Å². The summed E-state index contributed by atoms with van der Waals surface area (Å²) < 4.78 is 11.5. The van der Waals surface area contributed by atoms with Crippen LogP contribution < -0.4 is 11.1 Å². The molecule has 1 aromatic rings. The predicted octanol–water partition coefficient (Wildman–Crippen LogP) is 0.328.